The predicted molar refractivity (Wildman–Crippen MR) is 135 cm³/mol. The van der Waals surface area contributed by atoms with Crippen LogP contribution in [0.25, 0.3) is 11.3 Å². The van der Waals surface area contributed by atoms with Gasteiger partial charge in [0.25, 0.3) is 5.91 Å². The lowest BCUT2D eigenvalue weighted by Gasteiger charge is -2.36. The number of carbonyl (C=O) groups excluding carboxylic acids is 1. The zero-order valence-corrected chi connectivity index (χ0v) is 20.1. The van der Waals surface area contributed by atoms with Crippen molar-refractivity contribution < 1.29 is 14.6 Å². The van der Waals surface area contributed by atoms with Gasteiger partial charge in [0.15, 0.2) is 5.69 Å². The van der Waals surface area contributed by atoms with Crippen LogP contribution < -0.4 is 10.1 Å². The van der Waals surface area contributed by atoms with E-state index in [0.29, 0.717) is 18.8 Å². The highest BCUT2D eigenvalue weighted by Crippen LogP contribution is 2.35. The molecule has 0 unspecified atom stereocenters. The van der Waals surface area contributed by atoms with Crippen LogP contribution in [0, 0.1) is 0 Å². The number of hydrogen-bond acceptors (Lipinski definition) is 5. The number of carbonyl (C=O) groups is 1. The Kier molecular flexibility index (Phi) is 7.45. The number of nitrogens with zero attached hydrogens (tertiary/aromatic N) is 3. The number of piperazine rings is 1. The largest absolute Gasteiger partial charge is 0.494 e. The zero-order chi connectivity index (χ0) is 24.0. The van der Waals surface area contributed by atoms with Crippen molar-refractivity contribution in [3.63, 3.8) is 0 Å². The van der Waals surface area contributed by atoms with E-state index in [0.717, 1.165) is 62.2 Å². The normalized spacial score (nSPS) is 22.7. The van der Waals surface area contributed by atoms with Gasteiger partial charge >= 0.3 is 0 Å². The molecule has 1 aliphatic carbocycles. The smallest absolute Gasteiger partial charge is 0.275 e. The molecule has 2 N–H and O–H groups in total. The molecule has 3 atom stereocenters. The Balaban J connectivity index is 1.40. The number of para-hydroxylation sites is 1. The summed E-state index contributed by atoms with van der Waals surface area (Å²) in [5.41, 5.74) is 2.22. The van der Waals surface area contributed by atoms with Crippen molar-refractivity contribution in [2.45, 2.75) is 50.3 Å². The summed E-state index contributed by atoms with van der Waals surface area (Å²) < 4.78 is 7.96. The van der Waals surface area contributed by atoms with Crippen molar-refractivity contribution in [1.29, 1.82) is 0 Å². The van der Waals surface area contributed by atoms with Crippen molar-refractivity contribution in [3.05, 3.63) is 72.7 Å². The molecule has 1 saturated carbocycles. The fourth-order valence-corrected chi connectivity index (χ4v) is 5.32. The maximum absolute atomic E-state index is 13.9. The van der Waals surface area contributed by atoms with Gasteiger partial charge in [-0.1, -0.05) is 61.4 Å². The average Bonchev–Trinajstić information content (AvgIpc) is 3.35. The van der Waals surface area contributed by atoms with Gasteiger partial charge in [0.05, 0.1) is 30.8 Å². The summed E-state index contributed by atoms with van der Waals surface area (Å²) in [4.78, 5) is 20.5. The van der Waals surface area contributed by atoms with Crippen LogP contribution in [0.15, 0.2) is 67.0 Å². The number of amides is 1. The SMILES string of the molecule is O=C(c1ncn([C@H]2CCCC[C@H]2O)c1-c1ccccc1)N1CCNC[C@H]1CCOc1ccccc1. The fourth-order valence-electron chi connectivity index (χ4n) is 5.32. The van der Waals surface area contributed by atoms with Crippen LogP contribution in [-0.4, -0.2) is 63.9 Å². The second-order valence-corrected chi connectivity index (χ2v) is 9.44. The average molecular weight is 475 g/mol. The molecule has 1 saturated heterocycles. The highest BCUT2D eigenvalue weighted by molar-refractivity contribution is 5.98. The minimum Gasteiger partial charge on any atom is -0.494 e. The van der Waals surface area contributed by atoms with Crippen molar-refractivity contribution in [2.24, 2.45) is 0 Å². The Morgan fingerprint density at radius 3 is 2.57 bits per heavy atom. The number of nitrogens with one attached hydrogen (secondary N) is 1. The van der Waals surface area contributed by atoms with Crippen LogP contribution in [0.1, 0.15) is 48.6 Å². The molecular formula is C28H34N4O3. The van der Waals surface area contributed by atoms with Crippen molar-refractivity contribution >= 4 is 5.91 Å². The van der Waals surface area contributed by atoms with Gasteiger partial charge in [-0.2, -0.15) is 0 Å². The van der Waals surface area contributed by atoms with Gasteiger partial charge in [0.2, 0.25) is 0 Å². The second kappa shape index (κ2) is 11.1. The molecule has 7 nitrogen and oxygen atoms in total. The molecule has 0 radical (unpaired) electrons. The lowest BCUT2D eigenvalue weighted by atomic mass is 9.92. The van der Waals surface area contributed by atoms with Crippen LogP contribution in [-0.2, 0) is 0 Å². The Labute approximate surface area is 206 Å². The van der Waals surface area contributed by atoms with E-state index in [1.807, 2.05) is 70.1 Å². The van der Waals surface area contributed by atoms with E-state index in [2.05, 4.69) is 10.3 Å². The summed E-state index contributed by atoms with van der Waals surface area (Å²) in [5.74, 6) is 0.782. The Morgan fingerprint density at radius 1 is 1.06 bits per heavy atom. The van der Waals surface area contributed by atoms with Gasteiger partial charge in [0.1, 0.15) is 5.75 Å². The first kappa shape index (κ1) is 23.6. The van der Waals surface area contributed by atoms with E-state index in [9.17, 15) is 9.90 Å². The molecular weight excluding hydrogens is 440 g/mol. The van der Waals surface area contributed by atoms with Gasteiger partial charge in [-0.05, 0) is 25.0 Å². The minimum atomic E-state index is -0.426. The van der Waals surface area contributed by atoms with Crippen molar-refractivity contribution in [1.82, 2.24) is 19.8 Å². The topological polar surface area (TPSA) is 79.6 Å². The quantitative estimate of drug-likeness (QED) is 0.543. The number of aliphatic hydroxyl groups excluding tert-OH is 1. The molecule has 2 aliphatic rings. The predicted octanol–water partition coefficient (Wildman–Crippen LogP) is 3.91. The van der Waals surface area contributed by atoms with E-state index in [1.165, 1.54) is 0 Å². The van der Waals surface area contributed by atoms with Crippen molar-refractivity contribution in [3.8, 4) is 17.0 Å². The summed E-state index contributed by atoms with van der Waals surface area (Å²) in [5, 5.41) is 14.2. The molecule has 2 aromatic carbocycles. The minimum absolute atomic E-state index is 0.0222. The van der Waals surface area contributed by atoms with Gasteiger partial charge in [-0.3, -0.25) is 4.79 Å². The summed E-state index contributed by atoms with van der Waals surface area (Å²) in [6, 6.07) is 19.7. The molecule has 1 aromatic heterocycles. The first-order valence-corrected chi connectivity index (χ1v) is 12.7. The Hall–Kier alpha value is -3.16. The zero-order valence-electron chi connectivity index (χ0n) is 20.1. The molecule has 5 rings (SSSR count). The summed E-state index contributed by atoms with van der Waals surface area (Å²) in [6.07, 6.45) is 5.83. The van der Waals surface area contributed by atoms with Crippen LogP contribution in [0.5, 0.6) is 5.75 Å². The molecule has 1 aliphatic heterocycles. The van der Waals surface area contributed by atoms with Crippen LogP contribution in [0.2, 0.25) is 0 Å². The van der Waals surface area contributed by atoms with Gasteiger partial charge < -0.3 is 24.6 Å². The number of hydrogen-bond donors (Lipinski definition) is 2. The van der Waals surface area contributed by atoms with Gasteiger partial charge in [-0.25, -0.2) is 4.98 Å². The Morgan fingerprint density at radius 2 is 1.80 bits per heavy atom. The first-order valence-electron chi connectivity index (χ1n) is 12.7. The molecule has 35 heavy (non-hydrogen) atoms. The number of benzene rings is 2. The van der Waals surface area contributed by atoms with Crippen molar-refractivity contribution in [2.75, 3.05) is 26.2 Å². The van der Waals surface area contributed by atoms with E-state index in [-0.39, 0.29) is 18.0 Å². The molecule has 0 bridgehead atoms. The van der Waals surface area contributed by atoms with Gasteiger partial charge in [-0.15, -0.1) is 0 Å². The third kappa shape index (κ3) is 5.26. The molecule has 1 amide bonds. The summed E-state index contributed by atoms with van der Waals surface area (Å²) >= 11 is 0. The number of aliphatic hydroxyl groups is 1. The molecule has 0 spiro atoms. The molecule has 184 valence electrons. The molecule has 2 fully saturated rings. The van der Waals surface area contributed by atoms with E-state index < -0.39 is 6.10 Å². The van der Waals surface area contributed by atoms with E-state index >= 15 is 0 Å². The number of rotatable bonds is 7. The summed E-state index contributed by atoms with van der Waals surface area (Å²) in [6.45, 7) is 2.65. The fraction of sp³-hybridized carbons (Fsp3) is 0.429. The third-order valence-electron chi connectivity index (χ3n) is 7.17. The maximum Gasteiger partial charge on any atom is 0.275 e. The monoisotopic (exact) mass is 474 g/mol. The molecule has 7 heteroatoms. The number of aromatic nitrogens is 2. The first-order chi connectivity index (χ1) is 17.2. The maximum atomic E-state index is 13.9. The van der Waals surface area contributed by atoms with E-state index in [1.54, 1.807) is 6.33 Å². The molecule has 2 heterocycles. The van der Waals surface area contributed by atoms with Crippen LogP contribution in [0.3, 0.4) is 0 Å². The van der Waals surface area contributed by atoms with Crippen LogP contribution in [0.4, 0.5) is 0 Å². The highest BCUT2D eigenvalue weighted by atomic mass is 16.5. The lowest BCUT2D eigenvalue weighted by Crippen LogP contribution is -2.54. The van der Waals surface area contributed by atoms with E-state index in [4.69, 9.17) is 4.74 Å². The Bertz CT molecular complexity index is 1100. The van der Waals surface area contributed by atoms with Crippen LogP contribution >= 0.6 is 0 Å². The summed E-state index contributed by atoms with van der Waals surface area (Å²) in [7, 11) is 0. The number of ether oxygens (including phenoxy) is 1. The van der Waals surface area contributed by atoms with Gasteiger partial charge in [0, 0.05) is 37.7 Å². The number of imidazole rings is 1. The molecule has 3 aromatic rings. The lowest BCUT2D eigenvalue weighted by molar-refractivity contribution is 0.0599. The standard InChI is InChI=1S/C28H34N4O3/c33-25-14-8-7-13-24(25)32-20-30-26(27(32)21-9-3-1-4-10-21)28(34)31-17-16-29-19-22(31)15-18-35-23-11-5-2-6-12-23/h1-6,9-12,20,22,24-25,29,33H,7-8,13-19H2/t22-,24+,25-/m1/s1. The third-order valence-corrected chi connectivity index (χ3v) is 7.17. The second-order valence-electron chi connectivity index (χ2n) is 9.44. The highest BCUT2D eigenvalue weighted by Gasteiger charge is 2.34.